The molecule has 1 N–H and O–H groups in total. The summed E-state index contributed by atoms with van der Waals surface area (Å²) in [5, 5.41) is 0. The molecule has 0 unspecified atom stereocenters. The second kappa shape index (κ2) is 7.17. The summed E-state index contributed by atoms with van der Waals surface area (Å²) in [6.07, 6.45) is 8.96. The molecule has 2 atom stereocenters. The van der Waals surface area contributed by atoms with Gasteiger partial charge in [-0.15, -0.1) is 0 Å². The summed E-state index contributed by atoms with van der Waals surface area (Å²) in [6, 6.07) is -0.219. The summed E-state index contributed by atoms with van der Waals surface area (Å²) in [6.45, 7) is 7.50. The largest absolute Gasteiger partial charge is 0.460 e. The molecule has 0 bridgehead atoms. The molecule has 0 spiro atoms. The molecule has 1 amide bonds. The lowest BCUT2D eigenvalue weighted by Crippen LogP contribution is -2.44. The molecule has 1 aliphatic heterocycles. The standard InChI is InChI=1S/C20H28N2O4/c1-13(23)25-18-9-10-22(19(24)26-20(2,3)4)17(18)11-14-12-21-16-8-6-5-7-15(14)16/h5,7,12,17-18,21H,6,8-11H2,1-4H3/t17-,18-/m1/s1. The molecular weight excluding hydrogens is 332 g/mol. The van der Waals surface area contributed by atoms with Gasteiger partial charge in [0.25, 0.3) is 0 Å². The molecule has 1 aromatic rings. The Bertz CT molecular complexity index is 714. The van der Waals surface area contributed by atoms with E-state index < -0.39 is 5.60 Å². The third kappa shape index (κ3) is 4.11. The normalized spacial score (nSPS) is 22.2. The monoisotopic (exact) mass is 360 g/mol. The average molecular weight is 360 g/mol. The van der Waals surface area contributed by atoms with E-state index in [1.807, 2.05) is 27.0 Å². The Labute approximate surface area is 154 Å². The number of aromatic amines is 1. The fourth-order valence-electron chi connectivity index (χ4n) is 3.73. The van der Waals surface area contributed by atoms with Crippen LogP contribution in [0.1, 0.15) is 57.4 Å². The fraction of sp³-hybridized carbons (Fsp3) is 0.600. The van der Waals surface area contributed by atoms with Gasteiger partial charge in [-0.1, -0.05) is 12.2 Å². The lowest BCUT2D eigenvalue weighted by molar-refractivity contribution is -0.147. The van der Waals surface area contributed by atoms with Gasteiger partial charge in [0.05, 0.1) is 6.04 Å². The van der Waals surface area contributed by atoms with Gasteiger partial charge in [-0.3, -0.25) is 4.79 Å². The van der Waals surface area contributed by atoms with Crippen LogP contribution in [0.5, 0.6) is 0 Å². The molecule has 0 radical (unpaired) electrons. The predicted octanol–water partition coefficient (Wildman–Crippen LogP) is 3.46. The van der Waals surface area contributed by atoms with E-state index in [0.717, 1.165) is 18.4 Å². The highest BCUT2D eigenvalue weighted by Crippen LogP contribution is 2.30. The molecular formula is C20H28N2O4. The number of allylic oxidation sites excluding steroid dienone is 1. The summed E-state index contributed by atoms with van der Waals surface area (Å²) in [4.78, 5) is 29.2. The number of carbonyl (C=O) groups excluding carboxylic acids is 2. The molecule has 2 aliphatic rings. The molecule has 2 heterocycles. The van der Waals surface area contributed by atoms with Crippen molar-refractivity contribution in [2.75, 3.05) is 6.54 Å². The Morgan fingerprint density at radius 1 is 1.35 bits per heavy atom. The highest BCUT2D eigenvalue weighted by Gasteiger charge is 2.41. The maximum atomic E-state index is 12.7. The minimum absolute atomic E-state index is 0.219. The fourth-order valence-corrected chi connectivity index (χ4v) is 3.73. The van der Waals surface area contributed by atoms with Gasteiger partial charge in [-0.25, -0.2) is 4.79 Å². The van der Waals surface area contributed by atoms with Crippen molar-refractivity contribution in [1.29, 1.82) is 0 Å². The van der Waals surface area contributed by atoms with E-state index in [1.54, 1.807) is 4.90 Å². The van der Waals surface area contributed by atoms with Crippen LogP contribution in [-0.4, -0.2) is 46.2 Å². The number of amides is 1. The first kappa shape index (κ1) is 18.5. The number of hydrogen-bond donors (Lipinski definition) is 1. The maximum absolute atomic E-state index is 12.7. The van der Waals surface area contributed by atoms with Crippen LogP contribution in [0.25, 0.3) is 6.08 Å². The number of nitrogens with zero attached hydrogens (tertiary/aromatic N) is 1. The Hall–Kier alpha value is -2.24. The van der Waals surface area contributed by atoms with Gasteiger partial charge in [-0.05, 0) is 51.2 Å². The second-order valence-electron chi connectivity index (χ2n) is 8.03. The van der Waals surface area contributed by atoms with E-state index in [-0.39, 0.29) is 24.2 Å². The second-order valence-corrected chi connectivity index (χ2v) is 8.03. The number of fused-ring (bicyclic) bond motifs is 1. The van der Waals surface area contributed by atoms with Crippen molar-refractivity contribution < 1.29 is 19.1 Å². The first-order chi connectivity index (χ1) is 12.2. The Morgan fingerprint density at radius 3 is 2.81 bits per heavy atom. The van der Waals surface area contributed by atoms with E-state index in [0.29, 0.717) is 19.4 Å². The topological polar surface area (TPSA) is 71.6 Å². The number of likely N-dealkylation sites (tertiary alicyclic amines) is 1. The zero-order valence-corrected chi connectivity index (χ0v) is 16.0. The van der Waals surface area contributed by atoms with Crippen molar-refractivity contribution >= 4 is 18.1 Å². The zero-order chi connectivity index (χ0) is 18.9. The molecule has 142 valence electrons. The third-order valence-electron chi connectivity index (χ3n) is 4.80. The molecule has 26 heavy (non-hydrogen) atoms. The van der Waals surface area contributed by atoms with Crippen molar-refractivity contribution in [3.8, 4) is 0 Å². The van der Waals surface area contributed by atoms with Gasteiger partial charge < -0.3 is 19.4 Å². The summed E-state index contributed by atoms with van der Waals surface area (Å²) >= 11 is 0. The van der Waals surface area contributed by atoms with Crippen molar-refractivity contribution in [1.82, 2.24) is 9.88 Å². The number of carbonyl (C=O) groups is 2. The Balaban J connectivity index is 1.82. The number of hydrogen-bond acceptors (Lipinski definition) is 4. The molecule has 1 saturated heterocycles. The van der Waals surface area contributed by atoms with E-state index in [2.05, 4.69) is 17.1 Å². The number of aryl methyl sites for hydroxylation is 1. The van der Waals surface area contributed by atoms with Crippen LogP contribution in [0.3, 0.4) is 0 Å². The predicted molar refractivity (Wildman–Crippen MR) is 98.8 cm³/mol. The van der Waals surface area contributed by atoms with Gasteiger partial charge in [0, 0.05) is 31.8 Å². The van der Waals surface area contributed by atoms with E-state index >= 15 is 0 Å². The smallest absolute Gasteiger partial charge is 0.410 e. The van der Waals surface area contributed by atoms with E-state index in [1.165, 1.54) is 18.2 Å². The SMILES string of the molecule is CC(=O)O[C@@H]1CCN(C(=O)OC(C)(C)C)[C@@H]1Cc1c[nH]c2c1C=CCC2. The third-order valence-corrected chi connectivity index (χ3v) is 4.80. The molecule has 6 heteroatoms. The van der Waals surface area contributed by atoms with Crippen LogP contribution in [0.15, 0.2) is 12.3 Å². The number of H-pyrrole nitrogens is 1. The van der Waals surface area contributed by atoms with Gasteiger partial charge in [0.15, 0.2) is 0 Å². The van der Waals surface area contributed by atoms with E-state index in [4.69, 9.17) is 9.47 Å². The number of ether oxygens (including phenoxy) is 2. The molecule has 1 aromatic heterocycles. The maximum Gasteiger partial charge on any atom is 0.410 e. The first-order valence-corrected chi connectivity index (χ1v) is 9.27. The van der Waals surface area contributed by atoms with Gasteiger partial charge in [-0.2, -0.15) is 0 Å². The number of nitrogens with one attached hydrogen (secondary N) is 1. The van der Waals surface area contributed by atoms with Crippen LogP contribution >= 0.6 is 0 Å². The molecule has 0 saturated carbocycles. The van der Waals surface area contributed by atoms with Crippen LogP contribution in [0.4, 0.5) is 4.79 Å². The highest BCUT2D eigenvalue weighted by atomic mass is 16.6. The Morgan fingerprint density at radius 2 is 2.12 bits per heavy atom. The van der Waals surface area contributed by atoms with Crippen molar-refractivity contribution in [2.24, 2.45) is 0 Å². The lowest BCUT2D eigenvalue weighted by Gasteiger charge is -2.30. The zero-order valence-electron chi connectivity index (χ0n) is 16.0. The molecule has 3 rings (SSSR count). The number of rotatable bonds is 3. The quantitative estimate of drug-likeness (QED) is 0.838. The first-order valence-electron chi connectivity index (χ1n) is 9.27. The van der Waals surface area contributed by atoms with Crippen LogP contribution in [-0.2, 0) is 27.1 Å². The van der Waals surface area contributed by atoms with Gasteiger partial charge in [0.1, 0.15) is 11.7 Å². The minimum Gasteiger partial charge on any atom is -0.460 e. The molecule has 0 aromatic carbocycles. The van der Waals surface area contributed by atoms with Crippen molar-refractivity contribution in [2.45, 2.75) is 71.1 Å². The molecule has 1 fully saturated rings. The summed E-state index contributed by atoms with van der Waals surface area (Å²) in [7, 11) is 0. The Kier molecular flexibility index (Phi) is 5.12. The summed E-state index contributed by atoms with van der Waals surface area (Å²) < 4.78 is 11.1. The minimum atomic E-state index is -0.558. The molecule has 1 aliphatic carbocycles. The molecule has 6 nitrogen and oxygen atoms in total. The highest BCUT2D eigenvalue weighted by molar-refractivity contribution is 5.70. The lowest BCUT2D eigenvalue weighted by atomic mass is 9.96. The van der Waals surface area contributed by atoms with Crippen molar-refractivity contribution in [3.05, 3.63) is 29.1 Å². The van der Waals surface area contributed by atoms with Crippen molar-refractivity contribution in [3.63, 3.8) is 0 Å². The average Bonchev–Trinajstić information content (AvgIpc) is 3.11. The van der Waals surface area contributed by atoms with Crippen LogP contribution < -0.4 is 0 Å². The van der Waals surface area contributed by atoms with Crippen LogP contribution in [0, 0.1) is 0 Å². The summed E-state index contributed by atoms with van der Waals surface area (Å²) in [5.41, 5.74) is 3.02. The number of aromatic nitrogens is 1. The summed E-state index contributed by atoms with van der Waals surface area (Å²) in [5.74, 6) is -0.318. The van der Waals surface area contributed by atoms with Gasteiger partial charge in [0.2, 0.25) is 0 Å². The van der Waals surface area contributed by atoms with E-state index in [9.17, 15) is 9.59 Å². The number of esters is 1. The van der Waals surface area contributed by atoms with Crippen LogP contribution in [0.2, 0.25) is 0 Å². The van der Waals surface area contributed by atoms with Gasteiger partial charge >= 0.3 is 12.1 Å².